The second-order valence-electron chi connectivity index (χ2n) is 8.53. The minimum Gasteiger partial charge on any atom is -0.390 e. The predicted octanol–water partition coefficient (Wildman–Crippen LogP) is 0.853. The maximum absolute atomic E-state index is 12.4. The molecule has 1 saturated heterocycles. The fraction of sp³-hybridized carbons (Fsp3) is 0.400. The molecule has 1 aliphatic heterocycles. The number of ether oxygens (including phenoxy) is 1. The van der Waals surface area contributed by atoms with E-state index in [0.717, 1.165) is 27.5 Å². The number of nitrogens with zero attached hydrogens (tertiary/aromatic N) is 1. The van der Waals surface area contributed by atoms with Crippen molar-refractivity contribution in [3.63, 3.8) is 0 Å². The van der Waals surface area contributed by atoms with Gasteiger partial charge in [-0.15, -0.1) is 0 Å². The van der Waals surface area contributed by atoms with E-state index in [2.05, 4.69) is 30.0 Å². The third-order valence-electron chi connectivity index (χ3n) is 5.47. The second kappa shape index (κ2) is 11.7. The van der Waals surface area contributed by atoms with Gasteiger partial charge in [-0.05, 0) is 43.5 Å². The van der Waals surface area contributed by atoms with Crippen LogP contribution < -0.4 is 11.2 Å². The molecule has 1 aromatic carbocycles. The first-order chi connectivity index (χ1) is 17.9. The molecule has 0 bridgehead atoms. The molecule has 16 nitrogen and oxygen atoms in total. The summed E-state index contributed by atoms with van der Waals surface area (Å²) in [6.07, 6.45) is -3.03. The smallest absolute Gasteiger partial charge is 0.390 e. The van der Waals surface area contributed by atoms with E-state index < -0.39 is 59.8 Å². The Morgan fingerprint density at radius 1 is 0.974 bits per heavy atom. The van der Waals surface area contributed by atoms with E-state index in [1.807, 2.05) is 32.9 Å². The Kier molecular flexibility index (Phi) is 9.41. The average molecular weight is 610 g/mol. The summed E-state index contributed by atoms with van der Waals surface area (Å²) in [5.74, 6) is 5.60. The third kappa shape index (κ3) is 8.64. The van der Waals surface area contributed by atoms with Gasteiger partial charge in [-0.1, -0.05) is 17.9 Å². The van der Waals surface area contributed by atoms with E-state index in [0.29, 0.717) is 5.56 Å². The van der Waals surface area contributed by atoms with Gasteiger partial charge in [-0.2, -0.15) is 8.62 Å². The van der Waals surface area contributed by atoms with Crippen molar-refractivity contribution in [1.82, 2.24) is 9.55 Å². The molecule has 2 heterocycles. The first-order valence-electron chi connectivity index (χ1n) is 10.9. The lowest BCUT2D eigenvalue weighted by atomic mass is 10.0. The Labute approximate surface area is 220 Å². The Morgan fingerprint density at radius 2 is 1.59 bits per heavy atom. The summed E-state index contributed by atoms with van der Waals surface area (Å²) in [4.78, 5) is 62.8. The highest BCUT2D eigenvalue weighted by molar-refractivity contribution is 7.66. The predicted molar refractivity (Wildman–Crippen MR) is 132 cm³/mol. The zero-order valence-corrected chi connectivity index (χ0v) is 23.3. The standard InChI is InChI=1S/C20H25N2O14P3/c1-11-6-13(3)14(7-12(11)2)4-5-15-9-22(20(25)21-19(15)24)18-8-16(23)17(34-18)10-33-38(29,30)36-39(31,32)35-37(26,27)28/h6-7,9,16-18,23H,8,10H2,1-3H3,(H,29,30)(H,31,32)(H,21,24,25)(H2,26,27,28). The van der Waals surface area contributed by atoms with Crippen LogP contribution in [-0.4, -0.2) is 53.0 Å². The third-order valence-corrected chi connectivity index (χ3v) is 9.28. The zero-order chi connectivity index (χ0) is 29.3. The number of aliphatic hydroxyl groups is 1. The highest BCUT2D eigenvalue weighted by Crippen LogP contribution is 2.66. The number of aromatic nitrogens is 2. The van der Waals surface area contributed by atoms with Gasteiger partial charge < -0.3 is 29.4 Å². The minimum atomic E-state index is -5.72. The van der Waals surface area contributed by atoms with E-state index in [-0.39, 0.29) is 12.0 Å². The van der Waals surface area contributed by atoms with Crippen molar-refractivity contribution < 1.29 is 56.3 Å². The number of phosphoric acid groups is 3. The maximum atomic E-state index is 12.4. The van der Waals surface area contributed by atoms with Crippen molar-refractivity contribution in [3.05, 3.63) is 67.0 Å². The van der Waals surface area contributed by atoms with Gasteiger partial charge >= 0.3 is 29.2 Å². The van der Waals surface area contributed by atoms with Crippen LogP contribution in [0.2, 0.25) is 0 Å². The molecule has 6 N–H and O–H groups in total. The van der Waals surface area contributed by atoms with Crippen molar-refractivity contribution >= 4 is 23.5 Å². The molecular weight excluding hydrogens is 585 g/mol. The SMILES string of the molecule is Cc1cc(C)c(C#Cc2cn(C3CC(O)C(COP(=O)(O)OP(=O)(O)OP(=O)(O)O)O3)c(=O)[nH]c2=O)cc1C. The number of aryl methyl sites for hydroxylation is 3. The van der Waals surface area contributed by atoms with Crippen molar-refractivity contribution in [2.24, 2.45) is 0 Å². The largest absolute Gasteiger partial charge is 0.490 e. The summed E-state index contributed by atoms with van der Waals surface area (Å²) in [5, 5.41) is 10.3. The van der Waals surface area contributed by atoms with Crippen LogP contribution >= 0.6 is 23.5 Å². The number of aliphatic hydroxyl groups excluding tert-OH is 1. The lowest BCUT2D eigenvalue weighted by Crippen LogP contribution is -2.33. The molecule has 5 unspecified atom stereocenters. The van der Waals surface area contributed by atoms with Gasteiger partial charge in [0.1, 0.15) is 17.9 Å². The summed E-state index contributed by atoms with van der Waals surface area (Å²) in [7, 11) is -16.7. The molecule has 0 saturated carbocycles. The van der Waals surface area contributed by atoms with Gasteiger partial charge in [-0.25, -0.2) is 18.5 Å². The highest BCUT2D eigenvalue weighted by atomic mass is 31.3. The number of rotatable bonds is 8. The lowest BCUT2D eigenvalue weighted by molar-refractivity contribution is -0.0450. The van der Waals surface area contributed by atoms with Crippen molar-refractivity contribution in [3.8, 4) is 11.8 Å². The quantitative estimate of drug-likeness (QED) is 0.179. The summed E-state index contributed by atoms with van der Waals surface area (Å²) in [6.45, 7) is 4.80. The van der Waals surface area contributed by atoms with Gasteiger partial charge in [0, 0.05) is 18.2 Å². The average Bonchev–Trinajstić information content (AvgIpc) is 3.12. The summed E-state index contributed by atoms with van der Waals surface area (Å²) >= 11 is 0. The molecule has 0 amide bonds. The van der Waals surface area contributed by atoms with Gasteiger partial charge in [0.05, 0.1) is 12.7 Å². The Hall–Kier alpha value is -2.21. The molecular formula is C20H25N2O14P3. The van der Waals surface area contributed by atoms with Crippen LogP contribution in [-0.2, 0) is 31.6 Å². The molecule has 1 aliphatic rings. The van der Waals surface area contributed by atoms with Crippen molar-refractivity contribution in [2.45, 2.75) is 45.6 Å². The fourth-order valence-corrected chi connectivity index (χ4v) is 6.55. The van der Waals surface area contributed by atoms with Gasteiger partial charge in [0.15, 0.2) is 0 Å². The fourth-order valence-electron chi connectivity index (χ4n) is 3.52. The zero-order valence-electron chi connectivity index (χ0n) is 20.6. The summed E-state index contributed by atoms with van der Waals surface area (Å²) < 4.78 is 52.2. The normalized spacial score (nSPS) is 22.5. The van der Waals surface area contributed by atoms with Crippen molar-refractivity contribution in [2.75, 3.05) is 6.61 Å². The number of phosphoric ester groups is 1. The molecule has 0 aliphatic carbocycles. The van der Waals surface area contributed by atoms with Crippen LogP contribution in [0.15, 0.2) is 27.9 Å². The monoisotopic (exact) mass is 610 g/mol. The first-order valence-corrected chi connectivity index (χ1v) is 15.4. The number of benzene rings is 1. The number of hydrogen-bond donors (Lipinski definition) is 6. The number of hydrogen-bond acceptors (Lipinski definition) is 10. The van der Waals surface area contributed by atoms with Gasteiger partial charge in [-0.3, -0.25) is 18.9 Å². The summed E-state index contributed by atoms with van der Waals surface area (Å²) in [5.41, 5.74) is 1.91. The Morgan fingerprint density at radius 3 is 2.23 bits per heavy atom. The second-order valence-corrected chi connectivity index (χ2v) is 12.9. The molecule has 0 spiro atoms. The Balaban J connectivity index is 1.75. The van der Waals surface area contributed by atoms with Gasteiger partial charge in [0.2, 0.25) is 0 Å². The minimum absolute atomic E-state index is 0.0815. The Bertz CT molecular complexity index is 1580. The van der Waals surface area contributed by atoms with Crippen LogP contribution in [0, 0.1) is 32.6 Å². The van der Waals surface area contributed by atoms with Crippen LogP contribution in [0.1, 0.15) is 40.5 Å². The molecule has 1 aromatic heterocycles. The molecule has 2 aromatic rings. The molecule has 1 fully saturated rings. The van der Waals surface area contributed by atoms with Crippen LogP contribution in [0.3, 0.4) is 0 Å². The molecule has 214 valence electrons. The summed E-state index contributed by atoms with van der Waals surface area (Å²) in [6, 6.07) is 3.81. The topological polar surface area (TPSA) is 244 Å². The molecule has 19 heteroatoms. The molecule has 0 radical (unpaired) electrons. The maximum Gasteiger partial charge on any atom is 0.490 e. The van der Waals surface area contributed by atoms with Crippen molar-refractivity contribution in [1.29, 1.82) is 0 Å². The highest BCUT2D eigenvalue weighted by Gasteiger charge is 2.43. The van der Waals surface area contributed by atoms with E-state index in [9.17, 15) is 38.2 Å². The molecule has 39 heavy (non-hydrogen) atoms. The van der Waals surface area contributed by atoms with E-state index in [1.54, 1.807) is 0 Å². The lowest BCUT2D eigenvalue weighted by Gasteiger charge is -2.19. The number of nitrogens with one attached hydrogen (secondary N) is 1. The number of aromatic amines is 1. The first kappa shape index (κ1) is 31.3. The number of H-pyrrole nitrogens is 1. The van der Waals surface area contributed by atoms with Crippen LogP contribution in [0.4, 0.5) is 0 Å². The molecule has 5 atom stereocenters. The van der Waals surface area contributed by atoms with Gasteiger partial charge in [0.25, 0.3) is 5.56 Å². The van der Waals surface area contributed by atoms with E-state index in [1.165, 1.54) is 0 Å². The molecule has 3 rings (SSSR count). The van der Waals surface area contributed by atoms with Crippen LogP contribution in [0.5, 0.6) is 0 Å². The van der Waals surface area contributed by atoms with Crippen LogP contribution in [0.25, 0.3) is 0 Å². The van der Waals surface area contributed by atoms with E-state index >= 15 is 0 Å². The van der Waals surface area contributed by atoms with E-state index in [4.69, 9.17) is 14.5 Å².